The van der Waals surface area contributed by atoms with E-state index < -0.39 is 0 Å². The zero-order valence-corrected chi connectivity index (χ0v) is 12.7. The summed E-state index contributed by atoms with van der Waals surface area (Å²) < 4.78 is 0. The summed E-state index contributed by atoms with van der Waals surface area (Å²) in [6.45, 7) is 4.06. The van der Waals surface area contributed by atoms with Crippen molar-refractivity contribution >= 4 is 29.3 Å². The lowest BCUT2D eigenvalue weighted by molar-refractivity contribution is -0.131. The van der Waals surface area contributed by atoms with Gasteiger partial charge in [-0.2, -0.15) is 0 Å². The summed E-state index contributed by atoms with van der Waals surface area (Å²) in [6, 6.07) is 8.08. The second-order valence-electron chi connectivity index (χ2n) is 4.50. The van der Waals surface area contributed by atoms with Crippen LogP contribution in [0, 0.1) is 0 Å². The van der Waals surface area contributed by atoms with Crippen molar-refractivity contribution in [1.29, 1.82) is 0 Å². The second kappa shape index (κ2) is 7.70. The van der Waals surface area contributed by atoms with E-state index in [2.05, 4.69) is 0 Å². The highest BCUT2D eigenvalue weighted by Gasteiger charge is 2.10. The Kier molecular flexibility index (Phi) is 6.58. The van der Waals surface area contributed by atoms with Crippen LogP contribution in [0.5, 0.6) is 0 Å². The molecule has 0 radical (unpaired) electrons. The van der Waals surface area contributed by atoms with Crippen LogP contribution in [0.25, 0.3) is 0 Å². The molecule has 0 N–H and O–H groups in total. The van der Waals surface area contributed by atoms with E-state index in [0.29, 0.717) is 6.42 Å². The molecule has 1 rings (SSSR count). The third kappa shape index (κ3) is 5.32. The average molecular weight is 286 g/mol. The Balaban J connectivity index is 2.23. The van der Waals surface area contributed by atoms with Gasteiger partial charge in [-0.1, -0.05) is 11.6 Å². The van der Waals surface area contributed by atoms with Gasteiger partial charge >= 0.3 is 0 Å². The molecule has 2 nitrogen and oxygen atoms in total. The van der Waals surface area contributed by atoms with Crippen molar-refractivity contribution in [2.75, 3.05) is 12.8 Å². The summed E-state index contributed by atoms with van der Waals surface area (Å²) in [5, 5.41) is 0.757. The lowest BCUT2D eigenvalue weighted by Crippen LogP contribution is -2.32. The highest BCUT2D eigenvalue weighted by molar-refractivity contribution is 7.99. The highest BCUT2D eigenvalue weighted by Crippen LogP contribution is 2.21. The minimum absolute atomic E-state index is 0.224. The van der Waals surface area contributed by atoms with Gasteiger partial charge in [0.05, 0.1) is 0 Å². The van der Waals surface area contributed by atoms with Gasteiger partial charge in [-0.05, 0) is 50.3 Å². The van der Waals surface area contributed by atoms with Crippen molar-refractivity contribution < 1.29 is 4.79 Å². The first-order valence-electron chi connectivity index (χ1n) is 6.14. The first-order chi connectivity index (χ1) is 8.50. The lowest BCUT2D eigenvalue weighted by Gasteiger charge is -2.21. The fourth-order valence-electron chi connectivity index (χ4n) is 1.41. The summed E-state index contributed by atoms with van der Waals surface area (Å²) in [7, 11) is 1.86. The minimum atomic E-state index is 0.224. The van der Waals surface area contributed by atoms with Crippen LogP contribution < -0.4 is 0 Å². The fourth-order valence-corrected chi connectivity index (χ4v) is 2.39. The van der Waals surface area contributed by atoms with E-state index in [4.69, 9.17) is 11.6 Å². The van der Waals surface area contributed by atoms with Crippen LogP contribution in [-0.2, 0) is 4.79 Å². The number of rotatable bonds is 6. The maximum Gasteiger partial charge on any atom is 0.222 e. The topological polar surface area (TPSA) is 20.3 Å². The monoisotopic (exact) mass is 285 g/mol. The lowest BCUT2D eigenvalue weighted by atomic mass is 10.2. The summed E-state index contributed by atoms with van der Waals surface area (Å²) in [5.41, 5.74) is 0. The number of hydrogen-bond acceptors (Lipinski definition) is 2. The molecule has 100 valence electrons. The number of nitrogens with zero attached hydrogens (tertiary/aromatic N) is 1. The maximum atomic E-state index is 11.7. The quantitative estimate of drug-likeness (QED) is 0.580. The summed E-state index contributed by atoms with van der Waals surface area (Å²) in [4.78, 5) is 14.7. The van der Waals surface area contributed by atoms with Crippen LogP contribution >= 0.6 is 23.4 Å². The smallest absolute Gasteiger partial charge is 0.222 e. The number of carbonyl (C=O) groups is 1. The van der Waals surface area contributed by atoms with Crippen LogP contribution in [0.4, 0.5) is 0 Å². The molecule has 0 heterocycles. The molecule has 0 unspecified atom stereocenters. The second-order valence-corrected chi connectivity index (χ2v) is 6.11. The van der Waals surface area contributed by atoms with Crippen LogP contribution in [0.1, 0.15) is 26.7 Å². The van der Waals surface area contributed by atoms with Gasteiger partial charge in [-0.3, -0.25) is 4.79 Å². The number of benzene rings is 1. The Bertz CT molecular complexity index is 378. The molecule has 0 saturated heterocycles. The molecular formula is C14H20ClNOS. The Labute approximate surface area is 119 Å². The number of hydrogen-bond donors (Lipinski definition) is 0. The molecule has 0 fully saturated rings. The predicted octanol–water partition coefficient (Wildman–Crippen LogP) is 4.08. The number of amides is 1. The van der Waals surface area contributed by atoms with E-state index in [1.165, 1.54) is 4.90 Å². The highest BCUT2D eigenvalue weighted by atomic mass is 35.5. The Hall–Kier alpha value is -0.670. The molecule has 0 aromatic heterocycles. The fraction of sp³-hybridized carbons (Fsp3) is 0.500. The zero-order chi connectivity index (χ0) is 13.5. The molecule has 0 aliphatic heterocycles. The SMILES string of the molecule is CC(C)N(C)C(=O)CCCSc1ccc(Cl)cc1. The van der Waals surface area contributed by atoms with Crippen molar-refractivity contribution in [3.63, 3.8) is 0 Å². The molecule has 0 aliphatic rings. The van der Waals surface area contributed by atoms with E-state index in [-0.39, 0.29) is 11.9 Å². The molecule has 0 aliphatic carbocycles. The van der Waals surface area contributed by atoms with Gasteiger partial charge in [-0.15, -0.1) is 11.8 Å². The third-order valence-electron chi connectivity index (χ3n) is 2.79. The van der Waals surface area contributed by atoms with Crippen LogP contribution in [0.2, 0.25) is 5.02 Å². The molecule has 18 heavy (non-hydrogen) atoms. The van der Waals surface area contributed by atoms with E-state index >= 15 is 0 Å². The Morgan fingerprint density at radius 2 is 1.94 bits per heavy atom. The first kappa shape index (κ1) is 15.4. The molecule has 0 spiro atoms. The minimum Gasteiger partial charge on any atom is -0.343 e. The molecule has 1 amide bonds. The number of thioether (sulfide) groups is 1. The normalized spacial score (nSPS) is 10.7. The first-order valence-corrected chi connectivity index (χ1v) is 7.51. The van der Waals surface area contributed by atoms with Crippen molar-refractivity contribution in [1.82, 2.24) is 4.90 Å². The predicted molar refractivity (Wildman–Crippen MR) is 79.3 cm³/mol. The number of carbonyl (C=O) groups excluding carboxylic acids is 1. The molecule has 0 atom stereocenters. The average Bonchev–Trinajstić information content (AvgIpc) is 2.35. The molecule has 4 heteroatoms. The third-order valence-corrected chi connectivity index (χ3v) is 4.14. The van der Waals surface area contributed by atoms with Crippen molar-refractivity contribution in [3.05, 3.63) is 29.3 Å². The van der Waals surface area contributed by atoms with Crippen molar-refractivity contribution in [2.45, 2.75) is 37.6 Å². The molecule has 0 bridgehead atoms. The summed E-state index contributed by atoms with van der Waals surface area (Å²) >= 11 is 7.58. The van der Waals surface area contributed by atoms with Gasteiger partial charge in [0, 0.05) is 29.4 Å². The van der Waals surface area contributed by atoms with E-state index in [0.717, 1.165) is 17.2 Å². The van der Waals surface area contributed by atoms with Crippen molar-refractivity contribution in [3.8, 4) is 0 Å². The molecular weight excluding hydrogens is 266 g/mol. The molecule has 1 aromatic carbocycles. The Morgan fingerprint density at radius 1 is 1.33 bits per heavy atom. The van der Waals surface area contributed by atoms with Crippen LogP contribution in [0.15, 0.2) is 29.2 Å². The van der Waals surface area contributed by atoms with Gasteiger partial charge in [-0.25, -0.2) is 0 Å². The molecule has 0 saturated carbocycles. The summed E-state index contributed by atoms with van der Waals surface area (Å²) in [6.07, 6.45) is 1.53. The zero-order valence-electron chi connectivity index (χ0n) is 11.1. The largest absolute Gasteiger partial charge is 0.343 e. The standard InChI is InChI=1S/C14H20ClNOS/c1-11(2)16(3)14(17)5-4-10-18-13-8-6-12(15)7-9-13/h6-9,11H,4-5,10H2,1-3H3. The van der Waals surface area contributed by atoms with Crippen LogP contribution in [0.3, 0.4) is 0 Å². The Morgan fingerprint density at radius 3 is 2.50 bits per heavy atom. The van der Waals surface area contributed by atoms with Gasteiger partial charge in [0.15, 0.2) is 0 Å². The molecule has 1 aromatic rings. The van der Waals surface area contributed by atoms with Gasteiger partial charge in [0.25, 0.3) is 0 Å². The van der Waals surface area contributed by atoms with Gasteiger partial charge in [0.2, 0.25) is 5.91 Å². The van der Waals surface area contributed by atoms with E-state index in [9.17, 15) is 4.79 Å². The van der Waals surface area contributed by atoms with Crippen molar-refractivity contribution in [2.24, 2.45) is 0 Å². The summed E-state index contributed by atoms with van der Waals surface area (Å²) in [5.74, 6) is 1.18. The maximum absolute atomic E-state index is 11.7. The van der Waals surface area contributed by atoms with E-state index in [1.54, 1.807) is 16.7 Å². The van der Waals surface area contributed by atoms with Crippen LogP contribution in [-0.4, -0.2) is 29.6 Å². The van der Waals surface area contributed by atoms with E-state index in [1.807, 2.05) is 45.2 Å². The van der Waals surface area contributed by atoms with Gasteiger partial charge < -0.3 is 4.90 Å². The number of halogens is 1. The van der Waals surface area contributed by atoms with Gasteiger partial charge in [0.1, 0.15) is 0 Å².